The van der Waals surface area contributed by atoms with Gasteiger partial charge in [0, 0.05) is 55.7 Å². The van der Waals surface area contributed by atoms with Crippen molar-refractivity contribution in [2.75, 3.05) is 26.0 Å². The van der Waals surface area contributed by atoms with E-state index < -0.39 is 0 Å². The lowest BCUT2D eigenvalue weighted by Crippen LogP contribution is -2.27. The van der Waals surface area contributed by atoms with Gasteiger partial charge in [-0.3, -0.25) is 14.3 Å². The summed E-state index contributed by atoms with van der Waals surface area (Å²) in [4.78, 5) is 11.3. The third kappa shape index (κ3) is 5.00. The van der Waals surface area contributed by atoms with Crippen molar-refractivity contribution in [1.82, 2.24) is 34.4 Å². The van der Waals surface area contributed by atoms with E-state index in [4.69, 9.17) is 9.84 Å². The number of aryl methyl sites for hydroxylation is 1. The zero-order chi connectivity index (χ0) is 24.4. The molecule has 4 heterocycles. The van der Waals surface area contributed by atoms with Gasteiger partial charge < -0.3 is 15.0 Å². The van der Waals surface area contributed by atoms with Crippen LogP contribution in [0.15, 0.2) is 43.0 Å². The zero-order valence-corrected chi connectivity index (χ0v) is 21.0. The van der Waals surface area contributed by atoms with Gasteiger partial charge in [-0.15, -0.1) is 0 Å². The first-order valence-corrected chi connectivity index (χ1v) is 12.4. The molecule has 0 spiro atoms. The summed E-state index contributed by atoms with van der Waals surface area (Å²) in [6.45, 7) is 3.68. The van der Waals surface area contributed by atoms with Gasteiger partial charge >= 0.3 is 0 Å². The number of anilines is 1. The Morgan fingerprint density at radius 1 is 1.14 bits per heavy atom. The molecular formula is C26H34N8O. The molecule has 0 aliphatic heterocycles. The largest absolute Gasteiger partial charge is 0.488 e. The number of hydrogen-bond donors (Lipinski definition) is 1. The predicted molar refractivity (Wildman–Crippen MR) is 137 cm³/mol. The van der Waals surface area contributed by atoms with Gasteiger partial charge in [0.2, 0.25) is 0 Å². The maximum atomic E-state index is 6.44. The summed E-state index contributed by atoms with van der Waals surface area (Å²) in [5.74, 6) is 1.77. The number of hydrogen-bond acceptors (Lipinski definition) is 7. The molecule has 1 aliphatic rings. The van der Waals surface area contributed by atoms with Crippen molar-refractivity contribution in [2.24, 2.45) is 7.05 Å². The average molecular weight is 475 g/mol. The van der Waals surface area contributed by atoms with Crippen LogP contribution in [0.5, 0.6) is 5.75 Å². The third-order valence-corrected chi connectivity index (χ3v) is 6.53. The maximum absolute atomic E-state index is 6.44. The van der Waals surface area contributed by atoms with E-state index in [2.05, 4.69) is 57.1 Å². The topological polar surface area (TPSA) is 85.9 Å². The summed E-state index contributed by atoms with van der Waals surface area (Å²) >= 11 is 0. The highest BCUT2D eigenvalue weighted by molar-refractivity contribution is 5.93. The zero-order valence-electron chi connectivity index (χ0n) is 21.0. The summed E-state index contributed by atoms with van der Waals surface area (Å²) in [6.07, 6.45) is 11.8. The molecular weight excluding hydrogens is 440 g/mol. The van der Waals surface area contributed by atoms with Crippen LogP contribution in [0.2, 0.25) is 0 Å². The van der Waals surface area contributed by atoms with E-state index in [1.54, 1.807) is 0 Å². The van der Waals surface area contributed by atoms with E-state index >= 15 is 0 Å². The average Bonchev–Trinajstić information content (AvgIpc) is 3.44. The Balaban J connectivity index is 1.37. The van der Waals surface area contributed by atoms with Crippen LogP contribution in [-0.2, 0) is 13.6 Å². The Morgan fingerprint density at radius 2 is 1.97 bits per heavy atom. The second-order valence-electron chi connectivity index (χ2n) is 9.55. The number of ether oxygens (including phenoxy) is 1. The van der Waals surface area contributed by atoms with Crippen molar-refractivity contribution in [3.05, 3.63) is 48.7 Å². The molecule has 9 nitrogen and oxygen atoms in total. The number of fused-ring (bicyclic) bond motifs is 1. The van der Waals surface area contributed by atoms with Crippen molar-refractivity contribution in [2.45, 2.75) is 51.3 Å². The molecule has 0 atom stereocenters. The van der Waals surface area contributed by atoms with E-state index in [-0.39, 0.29) is 6.10 Å². The smallest absolute Gasteiger partial charge is 0.142 e. The lowest BCUT2D eigenvalue weighted by molar-refractivity contribution is 0.128. The summed E-state index contributed by atoms with van der Waals surface area (Å²) in [6, 6.07) is 6.42. The number of pyridine rings is 2. The highest BCUT2D eigenvalue weighted by Gasteiger charge is 2.27. The number of aromatic nitrogens is 6. The first-order valence-electron chi connectivity index (χ1n) is 12.4. The first kappa shape index (κ1) is 23.3. The van der Waals surface area contributed by atoms with Gasteiger partial charge in [0.1, 0.15) is 17.3 Å². The molecule has 35 heavy (non-hydrogen) atoms. The van der Waals surface area contributed by atoms with E-state index in [9.17, 15) is 0 Å². The minimum Gasteiger partial charge on any atom is -0.488 e. The van der Waals surface area contributed by atoms with Crippen molar-refractivity contribution in [3.8, 4) is 17.0 Å². The van der Waals surface area contributed by atoms with Gasteiger partial charge in [-0.1, -0.05) is 0 Å². The van der Waals surface area contributed by atoms with Gasteiger partial charge in [0.25, 0.3) is 0 Å². The van der Waals surface area contributed by atoms with Crippen molar-refractivity contribution < 1.29 is 4.74 Å². The third-order valence-electron chi connectivity index (χ3n) is 6.53. The van der Waals surface area contributed by atoms with E-state index in [1.165, 1.54) is 0 Å². The van der Waals surface area contributed by atoms with Gasteiger partial charge in [-0.05, 0) is 58.8 Å². The fraction of sp³-hybridized carbons (Fsp3) is 0.462. The second-order valence-corrected chi connectivity index (χ2v) is 9.55. The predicted octanol–water partition coefficient (Wildman–Crippen LogP) is 4.28. The molecule has 4 aromatic rings. The SMILES string of the molecule is CCNc1cc2c(cn1)c(-c1cnn(C)c1)nn2C1CCC(Oc2cccnc2CN(C)C)CC1. The van der Waals surface area contributed by atoms with Crippen LogP contribution in [-0.4, -0.2) is 61.2 Å². The highest BCUT2D eigenvalue weighted by atomic mass is 16.5. The minimum absolute atomic E-state index is 0.190. The Morgan fingerprint density at radius 3 is 2.69 bits per heavy atom. The molecule has 0 radical (unpaired) electrons. The van der Waals surface area contributed by atoms with Crippen LogP contribution < -0.4 is 10.1 Å². The fourth-order valence-corrected chi connectivity index (χ4v) is 4.88. The van der Waals surface area contributed by atoms with Gasteiger partial charge in [-0.2, -0.15) is 10.2 Å². The molecule has 1 saturated carbocycles. The second kappa shape index (κ2) is 10.0. The molecule has 0 aromatic carbocycles. The summed E-state index contributed by atoms with van der Waals surface area (Å²) in [5, 5.41) is 13.8. The molecule has 1 N–H and O–H groups in total. The van der Waals surface area contributed by atoms with Crippen molar-refractivity contribution in [3.63, 3.8) is 0 Å². The minimum atomic E-state index is 0.190. The summed E-state index contributed by atoms with van der Waals surface area (Å²) in [5.41, 5.74) is 4.05. The molecule has 1 fully saturated rings. The molecule has 184 valence electrons. The molecule has 4 aromatic heterocycles. The van der Waals surface area contributed by atoms with Crippen LogP contribution >= 0.6 is 0 Å². The van der Waals surface area contributed by atoms with Crippen molar-refractivity contribution >= 4 is 16.7 Å². The molecule has 9 heteroatoms. The number of nitrogens with one attached hydrogen (secondary N) is 1. The highest BCUT2D eigenvalue weighted by Crippen LogP contribution is 2.36. The van der Waals surface area contributed by atoms with Gasteiger partial charge in [0.05, 0.1) is 29.6 Å². The lowest BCUT2D eigenvalue weighted by atomic mass is 9.93. The van der Waals surface area contributed by atoms with Crippen LogP contribution in [0, 0.1) is 0 Å². The van der Waals surface area contributed by atoms with Gasteiger partial charge in [-0.25, -0.2) is 4.98 Å². The monoisotopic (exact) mass is 474 g/mol. The number of nitrogens with zero attached hydrogens (tertiary/aromatic N) is 7. The normalized spacial score (nSPS) is 18.3. The summed E-state index contributed by atoms with van der Waals surface area (Å²) < 4.78 is 10.5. The van der Waals surface area contributed by atoms with Crippen LogP contribution in [0.25, 0.3) is 22.2 Å². The molecule has 0 saturated heterocycles. The Kier molecular flexibility index (Phi) is 6.68. The van der Waals surface area contributed by atoms with Gasteiger partial charge in [0.15, 0.2) is 0 Å². The Bertz CT molecular complexity index is 1290. The summed E-state index contributed by atoms with van der Waals surface area (Å²) in [7, 11) is 6.03. The lowest BCUT2D eigenvalue weighted by Gasteiger charge is -2.30. The van der Waals surface area contributed by atoms with E-state index in [1.807, 2.05) is 48.6 Å². The Hall–Kier alpha value is -3.46. The van der Waals surface area contributed by atoms with Crippen molar-refractivity contribution in [1.29, 1.82) is 0 Å². The van der Waals surface area contributed by atoms with E-state index in [0.29, 0.717) is 6.04 Å². The quantitative estimate of drug-likeness (QED) is 0.408. The Labute approximate surface area is 206 Å². The standard InChI is InChI=1S/C26H34N8O/c1-5-27-25-13-23-21(15-29-25)26(18-14-30-33(4)16-18)31-34(23)19-8-10-20(11-9-19)35-24-7-6-12-28-22(24)17-32(2)3/h6-7,12-16,19-20H,5,8-11,17H2,1-4H3,(H,27,29). The molecule has 1 aliphatic carbocycles. The van der Waals surface area contributed by atoms with Crippen LogP contribution in [0.1, 0.15) is 44.3 Å². The molecule has 0 amide bonds. The van der Waals surface area contributed by atoms with E-state index in [0.717, 1.165) is 78.2 Å². The first-order chi connectivity index (χ1) is 17.0. The fourth-order valence-electron chi connectivity index (χ4n) is 4.88. The van der Waals surface area contributed by atoms with Crippen LogP contribution in [0.4, 0.5) is 5.82 Å². The van der Waals surface area contributed by atoms with Crippen LogP contribution in [0.3, 0.4) is 0 Å². The molecule has 0 bridgehead atoms. The number of rotatable bonds is 8. The molecule has 0 unspecified atom stereocenters. The maximum Gasteiger partial charge on any atom is 0.142 e. The molecule has 5 rings (SSSR count).